The Labute approximate surface area is 247 Å². The smallest absolute Gasteiger partial charge is 0.234 e. The lowest BCUT2D eigenvalue weighted by atomic mass is 10.0. The molecule has 0 bridgehead atoms. The first-order valence-corrected chi connectivity index (χ1v) is 18.4. The zero-order chi connectivity index (χ0) is 28.1. The maximum absolute atomic E-state index is 2.59. The topological polar surface area (TPSA) is 8.81 Å². The van der Waals surface area contributed by atoms with E-state index in [0.717, 1.165) is 0 Å². The van der Waals surface area contributed by atoms with Gasteiger partial charge in [-0.25, -0.2) is 9.13 Å². The van der Waals surface area contributed by atoms with Crippen LogP contribution in [0.2, 0.25) is 0 Å². The van der Waals surface area contributed by atoms with Crippen LogP contribution in [0.5, 0.6) is 0 Å². The van der Waals surface area contributed by atoms with Gasteiger partial charge in [0.1, 0.15) is 12.4 Å². The summed E-state index contributed by atoms with van der Waals surface area (Å²) in [6, 6.07) is 0. The molecular formula is C37H73N2+. The molecule has 1 rings (SSSR count). The van der Waals surface area contributed by atoms with Gasteiger partial charge in [0.15, 0.2) is 0 Å². The number of unbranched alkanes of at least 4 members (excludes halogenated alkanes) is 25. The molecule has 0 unspecified atom stereocenters. The Morgan fingerprint density at radius 3 is 1.21 bits per heavy atom. The van der Waals surface area contributed by atoms with Crippen molar-refractivity contribution in [3.63, 3.8) is 0 Å². The van der Waals surface area contributed by atoms with Crippen LogP contribution in [0.1, 0.15) is 206 Å². The van der Waals surface area contributed by atoms with Crippen molar-refractivity contribution >= 4 is 0 Å². The molecule has 39 heavy (non-hydrogen) atoms. The molecule has 0 aliphatic rings. The molecule has 0 N–H and O–H groups in total. The molecule has 2 heteroatoms. The van der Waals surface area contributed by atoms with Crippen LogP contribution in [0.3, 0.4) is 0 Å². The molecule has 1 aromatic heterocycles. The maximum Gasteiger partial charge on any atom is 0.256 e. The third-order valence-corrected chi connectivity index (χ3v) is 8.85. The molecule has 0 aliphatic heterocycles. The number of aryl methyl sites for hydroxylation is 2. The lowest BCUT2D eigenvalue weighted by molar-refractivity contribution is -0.704. The van der Waals surface area contributed by atoms with Crippen LogP contribution < -0.4 is 4.57 Å². The van der Waals surface area contributed by atoms with E-state index in [9.17, 15) is 0 Å². The number of rotatable bonds is 31. The molecule has 0 saturated heterocycles. The van der Waals surface area contributed by atoms with Gasteiger partial charge >= 0.3 is 0 Å². The van der Waals surface area contributed by atoms with Gasteiger partial charge in [0.2, 0.25) is 0 Å². The molecule has 0 aromatic carbocycles. The van der Waals surface area contributed by atoms with Gasteiger partial charge in [0, 0.05) is 6.42 Å². The molecular weight excluding hydrogens is 472 g/mol. The largest absolute Gasteiger partial charge is 0.256 e. The summed E-state index contributed by atoms with van der Waals surface area (Å²) in [6.45, 7) is 9.39. The van der Waals surface area contributed by atoms with Crippen LogP contribution in [0.4, 0.5) is 0 Å². The second-order valence-corrected chi connectivity index (χ2v) is 12.7. The Morgan fingerprint density at radius 1 is 0.436 bits per heavy atom. The van der Waals surface area contributed by atoms with Gasteiger partial charge in [-0.2, -0.15) is 0 Å². The van der Waals surface area contributed by atoms with Crippen LogP contribution in [0, 0.1) is 0 Å². The van der Waals surface area contributed by atoms with E-state index in [4.69, 9.17) is 0 Å². The maximum atomic E-state index is 2.59. The highest BCUT2D eigenvalue weighted by atomic mass is 15.1. The average Bonchev–Trinajstić information content (AvgIpc) is 3.33. The van der Waals surface area contributed by atoms with E-state index in [0.29, 0.717) is 0 Å². The summed E-state index contributed by atoms with van der Waals surface area (Å²) >= 11 is 0. The Bertz CT molecular complexity index is 605. The first kappa shape index (κ1) is 36.2. The molecule has 0 spiro atoms. The number of imidazole rings is 1. The quantitative estimate of drug-likeness (QED) is 0.0648. The van der Waals surface area contributed by atoms with E-state index in [1.165, 1.54) is 199 Å². The number of hydrogen-bond donors (Lipinski definition) is 0. The first-order chi connectivity index (χ1) is 19.3. The lowest BCUT2D eigenvalue weighted by Crippen LogP contribution is -2.37. The van der Waals surface area contributed by atoms with Crippen molar-refractivity contribution in [1.29, 1.82) is 0 Å². The molecule has 0 saturated carbocycles. The highest BCUT2D eigenvalue weighted by Gasteiger charge is 2.16. The van der Waals surface area contributed by atoms with E-state index in [-0.39, 0.29) is 0 Å². The zero-order valence-corrected chi connectivity index (χ0v) is 27.5. The lowest BCUT2D eigenvalue weighted by Gasteiger charge is -2.06. The van der Waals surface area contributed by atoms with Gasteiger partial charge in [0.05, 0.1) is 13.1 Å². The van der Waals surface area contributed by atoms with Crippen molar-refractivity contribution in [2.45, 2.75) is 220 Å². The third kappa shape index (κ3) is 21.6. The van der Waals surface area contributed by atoms with E-state index in [1.807, 2.05) is 0 Å². The van der Waals surface area contributed by atoms with Crippen LogP contribution in [0.25, 0.3) is 0 Å². The zero-order valence-electron chi connectivity index (χ0n) is 27.5. The standard InChI is InChI=1S/C37H73N2/c1-4-7-10-12-14-16-18-19-20-21-23-25-27-29-31-34-39-36-35-38(37(39)32-9-6-3)33-30-28-26-24-22-17-15-13-11-8-5-2/h35-36H,4-34H2,1-3H3/q+1. The van der Waals surface area contributed by atoms with Crippen LogP contribution in [-0.2, 0) is 19.5 Å². The number of aromatic nitrogens is 2. The van der Waals surface area contributed by atoms with Gasteiger partial charge in [-0.1, -0.05) is 168 Å². The minimum absolute atomic E-state index is 1.22. The molecule has 2 nitrogen and oxygen atoms in total. The SMILES string of the molecule is CCCCCCCCCCCCCCCCCn1cc[n+](CCCCCCCCCCCCC)c1CCCC. The predicted molar refractivity (Wildman–Crippen MR) is 175 cm³/mol. The molecule has 0 aliphatic carbocycles. The first-order valence-electron chi connectivity index (χ1n) is 18.4. The molecule has 0 atom stereocenters. The molecule has 0 amide bonds. The summed E-state index contributed by atoms with van der Waals surface area (Å²) in [5, 5.41) is 0. The minimum atomic E-state index is 1.22. The molecule has 230 valence electrons. The van der Waals surface area contributed by atoms with Gasteiger partial charge in [-0.3, -0.25) is 0 Å². The molecule has 1 heterocycles. The monoisotopic (exact) mass is 546 g/mol. The predicted octanol–water partition coefficient (Wildman–Crippen LogP) is 12.3. The fourth-order valence-electron chi connectivity index (χ4n) is 6.13. The highest BCUT2D eigenvalue weighted by Crippen LogP contribution is 2.15. The second-order valence-electron chi connectivity index (χ2n) is 12.7. The summed E-state index contributed by atoms with van der Waals surface area (Å²) in [5.74, 6) is 1.59. The summed E-state index contributed by atoms with van der Waals surface area (Å²) < 4.78 is 5.19. The van der Waals surface area contributed by atoms with Gasteiger partial charge < -0.3 is 0 Å². The summed E-state index contributed by atoms with van der Waals surface area (Å²) in [5.41, 5.74) is 0. The van der Waals surface area contributed by atoms with E-state index in [2.05, 4.69) is 42.3 Å². The van der Waals surface area contributed by atoms with Crippen molar-refractivity contribution in [1.82, 2.24) is 4.57 Å². The molecule has 0 radical (unpaired) electrons. The van der Waals surface area contributed by atoms with E-state index >= 15 is 0 Å². The Morgan fingerprint density at radius 2 is 0.795 bits per heavy atom. The number of hydrogen-bond acceptors (Lipinski definition) is 0. The van der Waals surface area contributed by atoms with Crippen molar-refractivity contribution in [3.8, 4) is 0 Å². The van der Waals surface area contributed by atoms with Crippen molar-refractivity contribution < 1.29 is 4.57 Å². The normalized spacial score (nSPS) is 11.6. The van der Waals surface area contributed by atoms with Crippen LogP contribution >= 0.6 is 0 Å². The van der Waals surface area contributed by atoms with Crippen molar-refractivity contribution in [2.75, 3.05) is 0 Å². The van der Waals surface area contributed by atoms with Crippen LogP contribution in [-0.4, -0.2) is 4.57 Å². The van der Waals surface area contributed by atoms with Crippen LogP contribution in [0.15, 0.2) is 12.4 Å². The van der Waals surface area contributed by atoms with Gasteiger partial charge in [-0.15, -0.1) is 0 Å². The summed E-state index contributed by atoms with van der Waals surface area (Å²) in [6.07, 6.45) is 46.0. The average molecular weight is 546 g/mol. The molecule has 1 aromatic rings. The summed E-state index contributed by atoms with van der Waals surface area (Å²) in [7, 11) is 0. The van der Waals surface area contributed by atoms with E-state index in [1.54, 1.807) is 5.82 Å². The fourth-order valence-corrected chi connectivity index (χ4v) is 6.13. The Hall–Kier alpha value is -0.790. The highest BCUT2D eigenvalue weighted by molar-refractivity contribution is 4.84. The third-order valence-electron chi connectivity index (χ3n) is 8.85. The van der Waals surface area contributed by atoms with Gasteiger partial charge in [0.25, 0.3) is 5.82 Å². The second kappa shape index (κ2) is 28.7. The van der Waals surface area contributed by atoms with Crippen molar-refractivity contribution in [2.24, 2.45) is 0 Å². The summed E-state index contributed by atoms with van der Waals surface area (Å²) in [4.78, 5) is 0. The van der Waals surface area contributed by atoms with E-state index < -0.39 is 0 Å². The Balaban J connectivity index is 2.07. The Kier molecular flexibility index (Phi) is 26.7. The fraction of sp³-hybridized carbons (Fsp3) is 0.919. The van der Waals surface area contributed by atoms with Gasteiger partial charge in [-0.05, 0) is 32.1 Å². The minimum Gasteiger partial charge on any atom is -0.234 e. The number of nitrogens with zero attached hydrogens (tertiary/aromatic N) is 2. The van der Waals surface area contributed by atoms with Crippen molar-refractivity contribution in [3.05, 3.63) is 18.2 Å². The molecule has 0 fully saturated rings.